The van der Waals surface area contributed by atoms with Crippen molar-refractivity contribution < 1.29 is 4.79 Å². The van der Waals surface area contributed by atoms with E-state index in [1.165, 1.54) is 21.8 Å². The van der Waals surface area contributed by atoms with Crippen LogP contribution in [0.1, 0.15) is 26.2 Å². The molecule has 2 aromatic carbocycles. The predicted octanol–water partition coefficient (Wildman–Crippen LogP) is 4.14. The summed E-state index contributed by atoms with van der Waals surface area (Å²) in [5, 5.41) is 9.06. The van der Waals surface area contributed by atoms with Crippen molar-refractivity contribution in [3.8, 4) is 0 Å². The SMILES string of the molecule is CCn1c2ccccc2c2cc(NC(=O)C3CC34CCNCC4)ccc21. The number of anilines is 1. The Hall–Kier alpha value is -2.33. The maximum absolute atomic E-state index is 12.8. The van der Waals surface area contributed by atoms with E-state index in [4.69, 9.17) is 0 Å². The molecule has 1 spiro atoms. The molecule has 26 heavy (non-hydrogen) atoms. The zero-order chi connectivity index (χ0) is 17.7. The molecule has 4 nitrogen and oxygen atoms in total. The summed E-state index contributed by atoms with van der Waals surface area (Å²) < 4.78 is 2.33. The first-order chi connectivity index (χ1) is 12.7. The van der Waals surface area contributed by atoms with Gasteiger partial charge in [-0.25, -0.2) is 0 Å². The molecule has 1 aliphatic carbocycles. The number of aryl methyl sites for hydroxylation is 1. The summed E-state index contributed by atoms with van der Waals surface area (Å²) in [6.07, 6.45) is 3.32. The second-order valence-electron chi connectivity index (χ2n) is 7.85. The average molecular weight is 347 g/mol. The Kier molecular flexibility index (Phi) is 3.57. The average Bonchev–Trinajstić information content (AvgIpc) is 3.27. The molecular formula is C22H25N3O. The summed E-state index contributed by atoms with van der Waals surface area (Å²) in [4.78, 5) is 12.8. The van der Waals surface area contributed by atoms with Crippen LogP contribution >= 0.6 is 0 Å². The third-order valence-corrected chi connectivity index (χ3v) is 6.46. The Labute approximate surface area is 153 Å². The number of hydrogen-bond acceptors (Lipinski definition) is 2. The Bertz CT molecular complexity index is 997. The van der Waals surface area contributed by atoms with Crippen molar-refractivity contribution in [2.75, 3.05) is 18.4 Å². The Morgan fingerprint density at radius 3 is 2.73 bits per heavy atom. The minimum absolute atomic E-state index is 0.192. The molecule has 2 fully saturated rings. The third kappa shape index (κ3) is 2.36. The van der Waals surface area contributed by atoms with Crippen molar-refractivity contribution in [2.24, 2.45) is 11.3 Å². The fourth-order valence-corrected chi connectivity index (χ4v) is 4.90. The maximum Gasteiger partial charge on any atom is 0.228 e. The number of rotatable bonds is 3. The second kappa shape index (κ2) is 5.85. The van der Waals surface area contributed by atoms with Crippen LogP contribution in [0, 0.1) is 11.3 Å². The van der Waals surface area contributed by atoms with E-state index in [2.05, 4.69) is 58.5 Å². The lowest BCUT2D eigenvalue weighted by Gasteiger charge is -2.23. The Morgan fingerprint density at radius 2 is 1.92 bits per heavy atom. The fourth-order valence-electron chi connectivity index (χ4n) is 4.90. The van der Waals surface area contributed by atoms with E-state index in [9.17, 15) is 4.79 Å². The van der Waals surface area contributed by atoms with Crippen molar-refractivity contribution >= 4 is 33.4 Å². The highest BCUT2D eigenvalue weighted by Gasteiger charge is 2.57. The molecule has 1 unspecified atom stereocenters. The largest absolute Gasteiger partial charge is 0.341 e. The van der Waals surface area contributed by atoms with Gasteiger partial charge in [-0.15, -0.1) is 0 Å². The van der Waals surface area contributed by atoms with E-state index in [-0.39, 0.29) is 17.2 Å². The third-order valence-electron chi connectivity index (χ3n) is 6.46. The number of carbonyl (C=O) groups is 1. The van der Waals surface area contributed by atoms with Gasteiger partial charge in [-0.2, -0.15) is 0 Å². The Morgan fingerprint density at radius 1 is 1.15 bits per heavy atom. The zero-order valence-corrected chi connectivity index (χ0v) is 15.2. The number of aromatic nitrogens is 1. The summed E-state index contributed by atoms with van der Waals surface area (Å²) in [5.41, 5.74) is 3.67. The summed E-state index contributed by atoms with van der Waals surface area (Å²) in [7, 11) is 0. The lowest BCUT2D eigenvalue weighted by Crippen LogP contribution is -2.31. The van der Waals surface area contributed by atoms with Crippen LogP contribution in [0.5, 0.6) is 0 Å². The molecule has 1 aromatic heterocycles. The van der Waals surface area contributed by atoms with Crippen molar-refractivity contribution in [1.29, 1.82) is 0 Å². The van der Waals surface area contributed by atoms with Gasteiger partial charge >= 0.3 is 0 Å². The number of piperidine rings is 1. The van der Waals surface area contributed by atoms with Gasteiger partial charge in [0, 0.05) is 40.0 Å². The molecular weight excluding hydrogens is 322 g/mol. The molecule has 134 valence electrons. The molecule has 5 rings (SSSR count). The molecule has 2 N–H and O–H groups in total. The summed E-state index contributed by atoms with van der Waals surface area (Å²) >= 11 is 0. The predicted molar refractivity (Wildman–Crippen MR) is 106 cm³/mol. The molecule has 1 saturated carbocycles. The van der Waals surface area contributed by atoms with E-state index in [1.807, 2.05) is 6.07 Å². The van der Waals surface area contributed by atoms with Gasteiger partial charge in [0.05, 0.1) is 0 Å². The maximum atomic E-state index is 12.8. The van der Waals surface area contributed by atoms with E-state index in [0.29, 0.717) is 0 Å². The number of amides is 1. The van der Waals surface area contributed by atoms with Gasteiger partial charge in [0.1, 0.15) is 0 Å². The molecule has 0 radical (unpaired) electrons. The summed E-state index contributed by atoms with van der Waals surface area (Å²) in [6.45, 7) is 5.21. The zero-order valence-electron chi connectivity index (χ0n) is 15.2. The minimum atomic E-state index is 0.192. The smallest absolute Gasteiger partial charge is 0.228 e. The van der Waals surface area contributed by atoms with Gasteiger partial charge in [0.2, 0.25) is 5.91 Å². The second-order valence-corrected chi connectivity index (χ2v) is 7.85. The van der Waals surface area contributed by atoms with E-state index >= 15 is 0 Å². The van der Waals surface area contributed by atoms with Crippen LogP contribution in [0.2, 0.25) is 0 Å². The number of hydrogen-bond donors (Lipinski definition) is 2. The highest BCUT2D eigenvalue weighted by molar-refractivity contribution is 6.10. The molecule has 1 aliphatic heterocycles. The van der Waals surface area contributed by atoms with Gasteiger partial charge in [-0.3, -0.25) is 4.79 Å². The number of para-hydroxylation sites is 1. The van der Waals surface area contributed by atoms with Crippen LogP contribution in [-0.2, 0) is 11.3 Å². The van der Waals surface area contributed by atoms with E-state index in [1.54, 1.807) is 0 Å². The monoisotopic (exact) mass is 347 g/mol. The van der Waals surface area contributed by atoms with Crippen LogP contribution in [0.4, 0.5) is 5.69 Å². The highest BCUT2D eigenvalue weighted by atomic mass is 16.2. The number of nitrogens with one attached hydrogen (secondary N) is 2. The van der Waals surface area contributed by atoms with Gasteiger partial charge in [0.25, 0.3) is 0 Å². The lowest BCUT2D eigenvalue weighted by atomic mass is 9.92. The molecule has 3 aromatic rings. The topological polar surface area (TPSA) is 46.1 Å². The van der Waals surface area contributed by atoms with Crippen molar-refractivity contribution in [3.63, 3.8) is 0 Å². The van der Waals surface area contributed by atoms with Gasteiger partial charge in [-0.1, -0.05) is 18.2 Å². The molecule has 1 amide bonds. The summed E-state index contributed by atoms with van der Waals surface area (Å²) in [5.74, 6) is 0.391. The van der Waals surface area contributed by atoms with Gasteiger partial charge in [-0.05, 0) is 69.0 Å². The van der Waals surface area contributed by atoms with Gasteiger partial charge < -0.3 is 15.2 Å². The van der Waals surface area contributed by atoms with Crippen molar-refractivity contribution in [1.82, 2.24) is 9.88 Å². The summed E-state index contributed by atoms with van der Waals surface area (Å²) in [6, 6.07) is 14.8. The van der Waals surface area contributed by atoms with Crippen LogP contribution in [0.3, 0.4) is 0 Å². The van der Waals surface area contributed by atoms with Crippen LogP contribution in [-0.4, -0.2) is 23.6 Å². The van der Waals surface area contributed by atoms with Crippen LogP contribution in [0.15, 0.2) is 42.5 Å². The standard InChI is InChI=1S/C22H25N3O/c1-2-25-19-6-4-3-5-16(19)17-13-15(7-8-20(17)25)24-21(26)18-14-22(18)9-11-23-12-10-22/h3-8,13,18,23H,2,9-12,14H2,1H3,(H,24,26). The van der Waals surface area contributed by atoms with Crippen LogP contribution < -0.4 is 10.6 Å². The quantitative estimate of drug-likeness (QED) is 0.748. The molecule has 4 heteroatoms. The first-order valence-corrected chi connectivity index (χ1v) is 9.74. The highest BCUT2D eigenvalue weighted by Crippen LogP contribution is 2.58. The van der Waals surface area contributed by atoms with Crippen molar-refractivity contribution in [3.05, 3.63) is 42.5 Å². The Balaban J connectivity index is 1.45. The molecule has 1 saturated heterocycles. The number of nitrogens with zero attached hydrogens (tertiary/aromatic N) is 1. The molecule has 1 atom stereocenters. The molecule has 2 aliphatic rings. The molecule has 2 heterocycles. The first-order valence-electron chi connectivity index (χ1n) is 9.74. The number of carbonyl (C=O) groups excluding carboxylic acids is 1. The normalized spacial score (nSPS) is 21.3. The van der Waals surface area contributed by atoms with E-state index < -0.39 is 0 Å². The lowest BCUT2D eigenvalue weighted by molar-refractivity contribution is -0.118. The van der Waals surface area contributed by atoms with Gasteiger partial charge in [0.15, 0.2) is 0 Å². The van der Waals surface area contributed by atoms with E-state index in [0.717, 1.165) is 44.6 Å². The number of benzene rings is 2. The first kappa shape index (κ1) is 15.9. The number of fused-ring (bicyclic) bond motifs is 3. The van der Waals surface area contributed by atoms with Crippen LogP contribution in [0.25, 0.3) is 21.8 Å². The fraction of sp³-hybridized carbons (Fsp3) is 0.409. The molecule has 0 bridgehead atoms. The minimum Gasteiger partial charge on any atom is -0.341 e. The van der Waals surface area contributed by atoms with Crippen molar-refractivity contribution in [2.45, 2.75) is 32.7 Å².